The van der Waals surface area contributed by atoms with Gasteiger partial charge in [-0.1, -0.05) is 52.9 Å². The standard InChI is InChI=1S/C6H14.C4H9.Li/c1-3-5-6-4-2;1-3-4-2;/h3-6H2,1-2H3;1,3-4H2,2H3;/q;-1;+1. The average Bonchev–Trinajstić information content (AvgIpc) is 2.01. The SMILES string of the molecule is CCCCCC.[CH2-]CCC.[Li+]. The van der Waals surface area contributed by atoms with E-state index >= 15 is 0 Å². The van der Waals surface area contributed by atoms with Gasteiger partial charge in [0.1, 0.15) is 0 Å². The molecular formula is C10H23Li. The van der Waals surface area contributed by atoms with Gasteiger partial charge in [-0.25, -0.2) is 0 Å². The second kappa shape index (κ2) is 22.4. The Balaban J connectivity index is -0.000000114. The molecule has 0 unspecified atom stereocenters. The van der Waals surface area contributed by atoms with Gasteiger partial charge in [-0.2, -0.15) is 6.42 Å². The molecule has 11 heavy (non-hydrogen) atoms. The van der Waals surface area contributed by atoms with E-state index in [-0.39, 0.29) is 18.9 Å². The van der Waals surface area contributed by atoms with Gasteiger partial charge in [0.25, 0.3) is 0 Å². The van der Waals surface area contributed by atoms with E-state index in [9.17, 15) is 0 Å². The summed E-state index contributed by atoms with van der Waals surface area (Å²) in [5, 5.41) is 0. The zero-order chi connectivity index (χ0) is 8.24. The summed E-state index contributed by atoms with van der Waals surface area (Å²) < 4.78 is 0. The molecular weight excluding hydrogens is 127 g/mol. The van der Waals surface area contributed by atoms with Crippen molar-refractivity contribution in [3.63, 3.8) is 0 Å². The van der Waals surface area contributed by atoms with Crippen LogP contribution in [0.15, 0.2) is 0 Å². The fourth-order valence-electron chi connectivity index (χ4n) is 0.500. The monoisotopic (exact) mass is 150 g/mol. The minimum absolute atomic E-state index is 0. The molecule has 0 saturated heterocycles. The molecule has 0 rings (SSSR count). The van der Waals surface area contributed by atoms with Crippen LogP contribution >= 0.6 is 0 Å². The molecule has 0 aliphatic heterocycles. The van der Waals surface area contributed by atoms with Crippen molar-refractivity contribution in [2.75, 3.05) is 0 Å². The molecule has 0 N–H and O–H groups in total. The average molecular weight is 150 g/mol. The largest absolute Gasteiger partial charge is 1.00 e. The third kappa shape index (κ3) is 37.1. The Morgan fingerprint density at radius 2 is 1.09 bits per heavy atom. The first-order chi connectivity index (χ1) is 4.83. The van der Waals surface area contributed by atoms with E-state index in [0.717, 1.165) is 6.42 Å². The zero-order valence-corrected chi connectivity index (χ0v) is 8.95. The van der Waals surface area contributed by atoms with Crippen LogP contribution in [0.3, 0.4) is 0 Å². The third-order valence-electron chi connectivity index (χ3n) is 1.31. The maximum absolute atomic E-state index is 3.60. The normalized spacial score (nSPS) is 7.64. The number of hydrogen-bond donors (Lipinski definition) is 0. The van der Waals surface area contributed by atoms with Crippen molar-refractivity contribution in [3.8, 4) is 0 Å². The van der Waals surface area contributed by atoms with Crippen molar-refractivity contribution in [1.82, 2.24) is 0 Å². The number of rotatable bonds is 4. The third-order valence-corrected chi connectivity index (χ3v) is 1.31. The van der Waals surface area contributed by atoms with Crippen LogP contribution in [-0.4, -0.2) is 0 Å². The minimum Gasteiger partial charge on any atom is -0.343 e. The van der Waals surface area contributed by atoms with E-state index in [0.29, 0.717) is 0 Å². The Hall–Kier alpha value is 0.597. The molecule has 0 aromatic rings. The van der Waals surface area contributed by atoms with Crippen LogP contribution in [0.5, 0.6) is 0 Å². The molecule has 0 nitrogen and oxygen atoms in total. The van der Waals surface area contributed by atoms with Gasteiger partial charge in [0.05, 0.1) is 0 Å². The molecule has 0 spiro atoms. The van der Waals surface area contributed by atoms with E-state index in [1.54, 1.807) is 0 Å². The molecule has 64 valence electrons. The summed E-state index contributed by atoms with van der Waals surface area (Å²) in [7, 11) is 0. The summed E-state index contributed by atoms with van der Waals surface area (Å²) in [6.07, 6.45) is 7.81. The topological polar surface area (TPSA) is 0 Å². The first kappa shape index (κ1) is 17.6. The van der Waals surface area contributed by atoms with E-state index < -0.39 is 0 Å². The van der Waals surface area contributed by atoms with E-state index in [1.807, 2.05) is 0 Å². The molecule has 0 aromatic carbocycles. The summed E-state index contributed by atoms with van der Waals surface area (Å²) in [5.74, 6) is 0. The molecule has 1 heteroatoms. The molecule has 0 aromatic heterocycles. The molecule has 0 atom stereocenters. The van der Waals surface area contributed by atoms with Crippen molar-refractivity contribution >= 4 is 0 Å². The van der Waals surface area contributed by atoms with Crippen molar-refractivity contribution in [2.45, 2.75) is 59.3 Å². The Morgan fingerprint density at radius 1 is 0.818 bits per heavy atom. The summed E-state index contributed by atoms with van der Waals surface area (Å²) in [6, 6.07) is 0. The van der Waals surface area contributed by atoms with Crippen molar-refractivity contribution in [3.05, 3.63) is 6.92 Å². The van der Waals surface area contributed by atoms with Gasteiger partial charge in [-0.05, 0) is 0 Å². The van der Waals surface area contributed by atoms with Gasteiger partial charge in [-0.15, -0.1) is 0 Å². The van der Waals surface area contributed by atoms with Crippen LogP contribution < -0.4 is 18.9 Å². The quantitative estimate of drug-likeness (QED) is 0.321. The van der Waals surface area contributed by atoms with Crippen molar-refractivity contribution < 1.29 is 18.9 Å². The Labute approximate surface area is 85.3 Å². The fourth-order valence-corrected chi connectivity index (χ4v) is 0.500. The predicted octanol–water partition coefficient (Wildman–Crippen LogP) is 1.21. The zero-order valence-electron chi connectivity index (χ0n) is 8.95. The fraction of sp³-hybridized carbons (Fsp3) is 0.900. The molecule has 0 heterocycles. The Bertz CT molecular complexity index is 29.9. The second-order valence-electron chi connectivity index (χ2n) is 2.56. The van der Waals surface area contributed by atoms with Gasteiger partial charge in [0, 0.05) is 0 Å². The molecule has 0 saturated carbocycles. The Kier molecular flexibility index (Phi) is 35.9. The summed E-state index contributed by atoms with van der Waals surface area (Å²) in [4.78, 5) is 0. The summed E-state index contributed by atoms with van der Waals surface area (Å²) >= 11 is 0. The number of unbranched alkanes of at least 4 members (excludes halogenated alkanes) is 4. The summed E-state index contributed by atoms with van der Waals surface area (Å²) in [6.45, 7) is 10.2. The van der Waals surface area contributed by atoms with Gasteiger partial charge >= 0.3 is 18.9 Å². The van der Waals surface area contributed by atoms with Crippen LogP contribution in [-0.2, 0) is 0 Å². The molecule has 0 aliphatic rings. The van der Waals surface area contributed by atoms with Crippen LogP contribution in [0.25, 0.3) is 0 Å². The first-order valence-corrected chi connectivity index (χ1v) is 4.62. The van der Waals surface area contributed by atoms with Crippen LogP contribution in [0.4, 0.5) is 0 Å². The maximum Gasteiger partial charge on any atom is 1.00 e. The second-order valence-corrected chi connectivity index (χ2v) is 2.56. The van der Waals surface area contributed by atoms with E-state index in [4.69, 9.17) is 0 Å². The number of hydrogen-bond acceptors (Lipinski definition) is 0. The van der Waals surface area contributed by atoms with Crippen LogP contribution in [0, 0.1) is 6.92 Å². The van der Waals surface area contributed by atoms with Crippen LogP contribution in [0.2, 0.25) is 0 Å². The molecule has 0 aliphatic carbocycles. The van der Waals surface area contributed by atoms with Gasteiger partial charge in [0.2, 0.25) is 0 Å². The van der Waals surface area contributed by atoms with Gasteiger partial charge < -0.3 is 6.92 Å². The van der Waals surface area contributed by atoms with Crippen LogP contribution in [0.1, 0.15) is 59.3 Å². The molecule has 0 bridgehead atoms. The van der Waals surface area contributed by atoms with Gasteiger partial charge in [-0.3, -0.25) is 0 Å². The Morgan fingerprint density at radius 3 is 1.18 bits per heavy atom. The van der Waals surface area contributed by atoms with Crippen molar-refractivity contribution in [2.24, 2.45) is 0 Å². The van der Waals surface area contributed by atoms with Crippen molar-refractivity contribution in [1.29, 1.82) is 0 Å². The predicted molar refractivity (Wildman–Crippen MR) is 50.1 cm³/mol. The maximum atomic E-state index is 3.60. The molecule has 0 radical (unpaired) electrons. The first-order valence-electron chi connectivity index (χ1n) is 4.62. The van der Waals surface area contributed by atoms with Gasteiger partial charge in [0.15, 0.2) is 0 Å². The smallest absolute Gasteiger partial charge is 0.343 e. The molecule has 0 fully saturated rings. The summed E-state index contributed by atoms with van der Waals surface area (Å²) in [5.41, 5.74) is 0. The minimum atomic E-state index is 0. The van der Waals surface area contributed by atoms with E-state index in [1.165, 1.54) is 32.1 Å². The van der Waals surface area contributed by atoms with E-state index in [2.05, 4.69) is 27.7 Å². The molecule has 0 amide bonds.